The van der Waals surface area contributed by atoms with Crippen LogP contribution in [0, 0.1) is 31.6 Å². The molecule has 2 aliphatic rings. The molecule has 0 N–H and O–H groups in total. The summed E-state index contributed by atoms with van der Waals surface area (Å²) in [4.78, 5) is 12.8. The molecule has 0 aromatic carbocycles. The van der Waals surface area contributed by atoms with E-state index in [-0.39, 0.29) is 11.9 Å². The van der Waals surface area contributed by atoms with Gasteiger partial charge >= 0.3 is 0 Å². The Morgan fingerprint density at radius 2 is 2.22 bits per heavy atom. The smallest absolute Gasteiger partial charge is 0.239 e. The molecule has 4 heteroatoms. The highest BCUT2D eigenvalue weighted by Crippen LogP contribution is 2.35. The average Bonchev–Trinajstić information content (AvgIpc) is 3.10. The topological polar surface area (TPSA) is 32.7 Å². The molecule has 1 aromatic heterocycles. The number of nitrogens with zero attached hydrogens (tertiary/aromatic N) is 2. The molecular formula is C14H13N2OS. The van der Waals surface area contributed by atoms with Crippen LogP contribution >= 0.6 is 11.3 Å². The number of carbonyl (C=O) groups excluding carboxylic acids is 1. The lowest BCUT2D eigenvalue weighted by Crippen LogP contribution is -2.35. The summed E-state index contributed by atoms with van der Waals surface area (Å²) in [6.45, 7) is 1.57. The monoisotopic (exact) mass is 257 g/mol. The zero-order chi connectivity index (χ0) is 12.5. The maximum Gasteiger partial charge on any atom is 0.239 e. The first-order valence-corrected chi connectivity index (χ1v) is 6.76. The van der Waals surface area contributed by atoms with Crippen molar-refractivity contribution in [2.24, 2.45) is 5.10 Å². The summed E-state index contributed by atoms with van der Waals surface area (Å²) in [7, 11) is 0. The van der Waals surface area contributed by atoms with Crippen molar-refractivity contribution in [2.75, 3.05) is 0 Å². The van der Waals surface area contributed by atoms with Crippen LogP contribution in [-0.4, -0.2) is 22.7 Å². The number of thiophene rings is 1. The molecule has 2 heterocycles. The molecule has 1 amide bonds. The summed E-state index contributed by atoms with van der Waals surface area (Å²) in [5, 5.41) is 8.11. The van der Waals surface area contributed by atoms with E-state index < -0.39 is 0 Å². The third-order valence-corrected chi connectivity index (χ3v) is 4.03. The maximum atomic E-state index is 11.7. The van der Waals surface area contributed by atoms with Gasteiger partial charge in [-0.1, -0.05) is 6.07 Å². The van der Waals surface area contributed by atoms with Gasteiger partial charge < -0.3 is 0 Å². The highest BCUT2D eigenvalue weighted by atomic mass is 32.1. The van der Waals surface area contributed by atoms with Gasteiger partial charge in [0.15, 0.2) is 0 Å². The first-order valence-electron chi connectivity index (χ1n) is 5.88. The fourth-order valence-electron chi connectivity index (χ4n) is 2.26. The van der Waals surface area contributed by atoms with Gasteiger partial charge in [0.2, 0.25) is 5.91 Å². The van der Waals surface area contributed by atoms with E-state index in [2.05, 4.69) is 11.2 Å². The molecule has 1 unspecified atom stereocenters. The molecule has 91 valence electrons. The van der Waals surface area contributed by atoms with Crippen molar-refractivity contribution in [3.63, 3.8) is 0 Å². The second-order valence-corrected chi connectivity index (χ2v) is 5.27. The van der Waals surface area contributed by atoms with Gasteiger partial charge in [0, 0.05) is 19.3 Å². The molecule has 1 saturated carbocycles. The SMILES string of the molecule is CC(=O)N1N=C(c2cccs2)CC1[C]1[CH][CH][CH][CH]1. The Kier molecular flexibility index (Phi) is 3.20. The molecule has 1 atom stereocenters. The van der Waals surface area contributed by atoms with Gasteiger partial charge in [0.25, 0.3) is 0 Å². The normalized spacial score (nSPS) is 24.6. The van der Waals surface area contributed by atoms with Crippen molar-refractivity contribution in [1.82, 2.24) is 5.01 Å². The summed E-state index contributed by atoms with van der Waals surface area (Å²) < 4.78 is 0. The number of hydrogen-bond donors (Lipinski definition) is 0. The molecule has 0 saturated heterocycles. The molecular weight excluding hydrogens is 244 g/mol. The lowest BCUT2D eigenvalue weighted by Gasteiger charge is -2.24. The second-order valence-electron chi connectivity index (χ2n) is 4.33. The lowest BCUT2D eigenvalue weighted by atomic mass is 9.93. The zero-order valence-electron chi connectivity index (χ0n) is 10.0. The summed E-state index contributed by atoms with van der Waals surface area (Å²) in [5.41, 5.74) is 1.01. The Balaban J connectivity index is 1.83. The maximum absolute atomic E-state index is 11.7. The van der Waals surface area contributed by atoms with E-state index in [1.165, 1.54) is 0 Å². The highest BCUT2D eigenvalue weighted by Gasteiger charge is 2.38. The van der Waals surface area contributed by atoms with Crippen LogP contribution in [0.15, 0.2) is 22.6 Å². The van der Waals surface area contributed by atoms with E-state index in [9.17, 15) is 4.79 Å². The predicted molar refractivity (Wildman–Crippen MR) is 72.2 cm³/mol. The summed E-state index contributed by atoms with van der Waals surface area (Å²) in [6.07, 6.45) is 8.89. The van der Waals surface area contributed by atoms with Crippen molar-refractivity contribution in [1.29, 1.82) is 0 Å². The molecule has 3 rings (SSSR count). The average molecular weight is 257 g/mol. The largest absolute Gasteiger partial charge is 0.273 e. The number of rotatable bonds is 2. The Labute approximate surface area is 111 Å². The van der Waals surface area contributed by atoms with E-state index >= 15 is 0 Å². The zero-order valence-corrected chi connectivity index (χ0v) is 10.9. The Hall–Kier alpha value is -1.16. The molecule has 0 spiro atoms. The quantitative estimate of drug-likeness (QED) is 0.801. The van der Waals surface area contributed by atoms with E-state index in [1.807, 2.05) is 37.1 Å². The Morgan fingerprint density at radius 3 is 2.83 bits per heavy atom. The number of hydrazone groups is 1. The van der Waals surface area contributed by atoms with Gasteiger partial charge in [-0.25, -0.2) is 5.01 Å². The van der Waals surface area contributed by atoms with Gasteiger partial charge in [-0.2, -0.15) is 5.10 Å². The fraction of sp³-hybridized carbons (Fsp3) is 0.214. The van der Waals surface area contributed by atoms with Crippen molar-refractivity contribution in [3.05, 3.63) is 54.0 Å². The van der Waals surface area contributed by atoms with Crippen LogP contribution in [0.25, 0.3) is 0 Å². The minimum Gasteiger partial charge on any atom is -0.273 e. The van der Waals surface area contributed by atoms with Gasteiger partial charge in [0.1, 0.15) is 0 Å². The van der Waals surface area contributed by atoms with Crippen LogP contribution in [0.3, 0.4) is 0 Å². The van der Waals surface area contributed by atoms with Crippen molar-refractivity contribution < 1.29 is 4.79 Å². The van der Waals surface area contributed by atoms with Crippen LogP contribution < -0.4 is 0 Å². The van der Waals surface area contributed by atoms with Gasteiger partial charge in [-0.05, 0) is 37.1 Å². The third kappa shape index (κ3) is 2.09. The molecule has 1 aliphatic carbocycles. The fourth-order valence-corrected chi connectivity index (χ4v) is 2.98. The van der Waals surface area contributed by atoms with E-state index in [0.717, 1.165) is 22.9 Å². The van der Waals surface area contributed by atoms with Gasteiger partial charge in [0.05, 0.1) is 16.6 Å². The summed E-state index contributed by atoms with van der Waals surface area (Å²) in [5.74, 6) is 1.15. The number of amides is 1. The van der Waals surface area contributed by atoms with E-state index in [1.54, 1.807) is 23.3 Å². The first-order chi connectivity index (χ1) is 8.75. The van der Waals surface area contributed by atoms with Gasteiger partial charge in [-0.15, -0.1) is 11.3 Å². The lowest BCUT2D eigenvalue weighted by molar-refractivity contribution is -0.130. The standard InChI is InChI=1S/C14H13N2OS/c1-10(17)16-13(11-5-2-3-6-11)9-12(15-16)14-7-4-8-18-14/h2-8,13H,9H2,1H3. The molecule has 3 nitrogen and oxygen atoms in total. The van der Waals surface area contributed by atoms with Crippen molar-refractivity contribution in [3.8, 4) is 0 Å². The van der Waals surface area contributed by atoms with Crippen LogP contribution in [0.2, 0.25) is 0 Å². The first kappa shape index (κ1) is 11.9. The molecule has 1 fully saturated rings. The molecule has 18 heavy (non-hydrogen) atoms. The van der Waals surface area contributed by atoms with Crippen LogP contribution in [0.5, 0.6) is 0 Å². The number of carbonyl (C=O) groups is 1. The van der Waals surface area contributed by atoms with Crippen LogP contribution in [0.1, 0.15) is 18.2 Å². The van der Waals surface area contributed by atoms with Gasteiger partial charge in [-0.3, -0.25) is 4.79 Å². The number of hydrogen-bond acceptors (Lipinski definition) is 3. The van der Waals surface area contributed by atoms with Crippen LogP contribution in [0.4, 0.5) is 0 Å². The molecule has 1 aromatic rings. The third-order valence-electron chi connectivity index (χ3n) is 3.11. The summed E-state index contributed by atoms with van der Waals surface area (Å²) >= 11 is 1.66. The second kappa shape index (κ2) is 4.84. The Bertz CT molecular complexity index is 460. The van der Waals surface area contributed by atoms with Crippen LogP contribution in [-0.2, 0) is 4.79 Å². The minimum atomic E-state index is -0.00671. The highest BCUT2D eigenvalue weighted by molar-refractivity contribution is 7.12. The van der Waals surface area contributed by atoms with E-state index in [0.29, 0.717) is 0 Å². The molecule has 1 aliphatic heterocycles. The molecule has 5 radical (unpaired) electrons. The molecule has 0 bridgehead atoms. The minimum absolute atomic E-state index is 0.00671. The predicted octanol–water partition coefficient (Wildman–Crippen LogP) is 2.48. The Morgan fingerprint density at radius 1 is 1.44 bits per heavy atom. The van der Waals surface area contributed by atoms with Crippen molar-refractivity contribution >= 4 is 23.0 Å². The van der Waals surface area contributed by atoms with E-state index in [4.69, 9.17) is 0 Å². The van der Waals surface area contributed by atoms with Crippen molar-refractivity contribution in [2.45, 2.75) is 19.4 Å². The summed E-state index contributed by atoms with van der Waals surface area (Å²) in [6, 6.07) is 4.11.